The molecule has 108 valence electrons. The van der Waals surface area contributed by atoms with Gasteiger partial charge in [0.15, 0.2) is 0 Å². The third-order valence-corrected chi connectivity index (χ3v) is 4.05. The van der Waals surface area contributed by atoms with Gasteiger partial charge in [-0.15, -0.1) is 0 Å². The molecule has 0 bridgehead atoms. The fraction of sp³-hybridized carbons (Fsp3) is 0. The summed E-state index contributed by atoms with van der Waals surface area (Å²) >= 11 is 0. The summed E-state index contributed by atoms with van der Waals surface area (Å²) in [6.07, 6.45) is 2.29. The topological polar surface area (TPSA) is 83.5 Å². The van der Waals surface area contributed by atoms with Gasteiger partial charge in [0.1, 0.15) is 0 Å². The van der Waals surface area contributed by atoms with Gasteiger partial charge in [-0.1, -0.05) is 36.4 Å². The Morgan fingerprint density at radius 3 is 2.29 bits per heavy atom. The van der Waals surface area contributed by atoms with Crippen molar-refractivity contribution in [2.24, 2.45) is 0 Å². The maximum Gasteiger partial charge on any atom is 0.328 e. The van der Waals surface area contributed by atoms with E-state index in [4.69, 9.17) is 5.11 Å². The van der Waals surface area contributed by atoms with Gasteiger partial charge in [-0.05, 0) is 29.8 Å². The van der Waals surface area contributed by atoms with E-state index in [-0.39, 0.29) is 4.90 Å². The molecule has 0 radical (unpaired) electrons. The van der Waals surface area contributed by atoms with Crippen molar-refractivity contribution < 1.29 is 18.3 Å². The van der Waals surface area contributed by atoms with Crippen LogP contribution in [0.25, 0.3) is 6.08 Å². The van der Waals surface area contributed by atoms with Crippen LogP contribution >= 0.6 is 0 Å². The molecule has 2 N–H and O–H groups in total. The summed E-state index contributed by atoms with van der Waals surface area (Å²) in [5.41, 5.74) is 0.790. The van der Waals surface area contributed by atoms with Gasteiger partial charge >= 0.3 is 5.97 Å². The fourth-order valence-electron chi connectivity index (χ4n) is 1.70. The number of hydrogen-bond donors (Lipinski definition) is 2. The molecule has 0 spiro atoms. The van der Waals surface area contributed by atoms with Crippen molar-refractivity contribution in [3.8, 4) is 0 Å². The Morgan fingerprint density at radius 1 is 1.00 bits per heavy atom. The Bertz CT molecular complexity index is 767. The van der Waals surface area contributed by atoms with E-state index in [0.717, 1.165) is 6.08 Å². The van der Waals surface area contributed by atoms with E-state index < -0.39 is 16.0 Å². The minimum absolute atomic E-state index is 0.141. The average molecular weight is 303 g/mol. The molecule has 2 aromatic carbocycles. The van der Waals surface area contributed by atoms with Gasteiger partial charge in [-0.2, -0.15) is 0 Å². The molecule has 0 heterocycles. The molecule has 0 aliphatic carbocycles. The lowest BCUT2D eigenvalue weighted by Gasteiger charge is -2.10. The molecule has 2 rings (SSSR count). The number of benzene rings is 2. The number of nitrogens with one attached hydrogen (secondary N) is 1. The lowest BCUT2D eigenvalue weighted by Crippen LogP contribution is -2.13. The van der Waals surface area contributed by atoms with Crippen molar-refractivity contribution in [1.82, 2.24) is 0 Å². The van der Waals surface area contributed by atoms with E-state index in [9.17, 15) is 13.2 Å². The number of carboxylic acids is 1. The van der Waals surface area contributed by atoms with Crippen molar-refractivity contribution >= 4 is 27.8 Å². The number of carboxylic acid groups (broad SMARTS) is 1. The summed E-state index contributed by atoms with van der Waals surface area (Å²) in [5, 5.41) is 8.65. The van der Waals surface area contributed by atoms with E-state index in [1.54, 1.807) is 42.5 Å². The SMILES string of the molecule is O=C(O)C=Cc1ccccc1NS(=O)(=O)c1ccccc1. The Kier molecular flexibility index (Phi) is 4.39. The second-order valence-electron chi connectivity index (χ2n) is 4.18. The van der Waals surface area contributed by atoms with Crippen LogP contribution in [0.1, 0.15) is 5.56 Å². The third-order valence-electron chi connectivity index (χ3n) is 2.66. The predicted molar refractivity (Wildman–Crippen MR) is 80.4 cm³/mol. The van der Waals surface area contributed by atoms with Crippen molar-refractivity contribution in [3.63, 3.8) is 0 Å². The molecule has 6 heteroatoms. The van der Waals surface area contributed by atoms with Gasteiger partial charge in [0.05, 0.1) is 10.6 Å². The highest BCUT2D eigenvalue weighted by molar-refractivity contribution is 7.92. The molecule has 0 saturated heterocycles. The summed E-state index contributed by atoms with van der Waals surface area (Å²) in [6.45, 7) is 0. The first-order chi connectivity index (χ1) is 9.99. The van der Waals surface area contributed by atoms with Crippen LogP contribution in [0.5, 0.6) is 0 Å². The van der Waals surface area contributed by atoms with Crippen LogP contribution in [0.2, 0.25) is 0 Å². The highest BCUT2D eigenvalue weighted by atomic mass is 32.2. The van der Waals surface area contributed by atoms with Gasteiger partial charge in [0, 0.05) is 6.08 Å². The highest BCUT2D eigenvalue weighted by Crippen LogP contribution is 2.21. The highest BCUT2D eigenvalue weighted by Gasteiger charge is 2.14. The monoisotopic (exact) mass is 303 g/mol. The predicted octanol–water partition coefficient (Wildman–Crippen LogP) is 2.59. The number of carbonyl (C=O) groups is 1. The van der Waals surface area contributed by atoms with Crippen LogP contribution in [0.3, 0.4) is 0 Å². The molecule has 0 aromatic heterocycles. The number of aliphatic carboxylic acids is 1. The van der Waals surface area contributed by atoms with Crippen molar-refractivity contribution in [2.75, 3.05) is 4.72 Å². The van der Waals surface area contributed by atoms with E-state index in [1.807, 2.05) is 0 Å². The first-order valence-electron chi connectivity index (χ1n) is 6.07. The Hall–Kier alpha value is -2.60. The molecule has 21 heavy (non-hydrogen) atoms. The minimum atomic E-state index is -3.71. The molecule has 0 aliphatic heterocycles. The lowest BCUT2D eigenvalue weighted by molar-refractivity contribution is -0.131. The minimum Gasteiger partial charge on any atom is -0.478 e. The summed E-state index contributed by atoms with van der Waals surface area (Å²) < 4.78 is 26.9. The van der Waals surface area contributed by atoms with Crippen LogP contribution in [-0.4, -0.2) is 19.5 Å². The fourth-order valence-corrected chi connectivity index (χ4v) is 2.81. The normalized spacial score (nSPS) is 11.4. The van der Waals surface area contributed by atoms with Crippen molar-refractivity contribution in [2.45, 2.75) is 4.90 Å². The molecule has 5 nitrogen and oxygen atoms in total. The second-order valence-corrected chi connectivity index (χ2v) is 5.86. The first kappa shape index (κ1) is 14.8. The third kappa shape index (κ3) is 3.93. The van der Waals surface area contributed by atoms with E-state index >= 15 is 0 Å². The van der Waals surface area contributed by atoms with Gasteiger partial charge < -0.3 is 5.11 Å². The van der Waals surface area contributed by atoms with E-state index in [0.29, 0.717) is 11.3 Å². The summed E-state index contributed by atoms with van der Waals surface area (Å²) in [5.74, 6) is -1.10. The Balaban J connectivity index is 2.34. The van der Waals surface area contributed by atoms with Crippen LogP contribution in [-0.2, 0) is 14.8 Å². The Labute approximate surface area is 122 Å². The molecule has 0 saturated carbocycles. The standard InChI is InChI=1S/C15H13NO4S/c17-15(18)11-10-12-6-4-5-9-14(12)16-21(19,20)13-7-2-1-3-8-13/h1-11,16H,(H,17,18). The zero-order valence-electron chi connectivity index (χ0n) is 10.9. The number of rotatable bonds is 5. The van der Waals surface area contributed by atoms with Gasteiger partial charge in [-0.3, -0.25) is 4.72 Å². The lowest BCUT2D eigenvalue weighted by atomic mass is 10.2. The summed E-state index contributed by atoms with van der Waals surface area (Å²) in [4.78, 5) is 10.7. The number of para-hydroxylation sites is 1. The zero-order valence-corrected chi connectivity index (χ0v) is 11.7. The molecule has 0 aliphatic rings. The van der Waals surface area contributed by atoms with E-state index in [1.165, 1.54) is 18.2 Å². The maximum atomic E-state index is 12.2. The smallest absolute Gasteiger partial charge is 0.328 e. The number of anilines is 1. The van der Waals surface area contributed by atoms with Crippen LogP contribution in [0.15, 0.2) is 65.6 Å². The largest absolute Gasteiger partial charge is 0.478 e. The van der Waals surface area contributed by atoms with E-state index in [2.05, 4.69) is 4.72 Å². The average Bonchev–Trinajstić information content (AvgIpc) is 2.47. The van der Waals surface area contributed by atoms with Gasteiger partial charge in [0.2, 0.25) is 0 Å². The van der Waals surface area contributed by atoms with Crippen LogP contribution in [0.4, 0.5) is 5.69 Å². The van der Waals surface area contributed by atoms with Gasteiger partial charge in [-0.25, -0.2) is 13.2 Å². The van der Waals surface area contributed by atoms with Gasteiger partial charge in [0.25, 0.3) is 10.0 Å². The Morgan fingerprint density at radius 2 is 1.62 bits per heavy atom. The number of hydrogen-bond acceptors (Lipinski definition) is 3. The molecule has 0 fully saturated rings. The van der Waals surface area contributed by atoms with Crippen LogP contribution in [0, 0.1) is 0 Å². The summed E-state index contributed by atoms with van der Waals surface area (Å²) in [6, 6.07) is 14.5. The zero-order chi connectivity index (χ0) is 15.3. The molecule has 0 atom stereocenters. The maximum absolute atomic E-state index is 12.2. The molecule has 2 aromatic rings. The number of sulfonamides is 1. The first-order valence-corrected chi connectivity index (χ1v) is 7.55. The molecule has 0 unspecified atom stereocenters. The molecular weight excluding hydrogens is 290 g/mol. The van der Waals surface area contributed by atoms with Crippen molar-refractivity contribution in [3.05, 3.63) is 66.2 Å². The quantitative estimate of drug-likeness (QED) is 0.832. The second kappa shape index (κ2) is 6.23. The summed E-state index contributed by atoms with van der Waals surface area (Å²) in [7, 11) is -3.71. The van der Waals surface area contributed by atoms with Crippen LogP contribution < -0.4 is 4.72 Å². The molecule has 0 amide bonds. The van der Waals surface area contributed by atoms with Crippen molar-refractivity contribution in [1.29, 1.82) is 0 Å². The molecular formula is C15H13NO4S.